The summed E-state index contributed by atoms with van der Waals surface area (Å²) in [5, 5.41) is 6.17. The first-order valence-electron chi connectivity index (χ1n) is 11.7. The number of methoxy groups -OCH3 is 1. The van der Waals surface area contributed by atoms with E-state index in [1.807, 2.05) is 12.1 Å². The molecule has 1 aliphatic heterocycles. The van der Waals surface area contributed by atoms with Gasteiger partial charge < -0.3 is 25.0 Å². The molecule has 7 nitrogen and oxygen atoms in total. The van der Waals surface area contributed by atoms with E-state index in [0.29, 0.717) is 18.9 Å². The SMILES string of the molecule is CCNC(=NCc1cccc(OC)c1OC1CCCC1)N1CCC(CC(=O)NC)CC1.I. The van der Waals surface area contributed by atoms with Crippen molar-refractivity contribution in [2.45, 2.75) is 64.5 Å². The fourth-order valence-corrected chi connectivity index (χ4v) is 4.45. The summed E-state index contributed by atoms with van der Waals surface area (Å²) in [5.41, 5.74) is 1.05. The van der Waals surface area contributed by atoms with Crippen LogP contribution in [0.25, 0.3) is 0 Å². The summed E-state index contributed by atoms with van der Waals surface area (Å²) in [6.07, 6.45) is 7.57. The Labute approximate surface area is 209 Å². The number of hydrogen-bond donors (Lipinski definition) is 2. The summed E-state index contributed by atoms with van der Waals surface area (Å²) >= 11 is 0. The lowest BCUT2D eigenvalue weighted by Crippen LogP contribution is -2.46. The average molecular weight is 559 g/mol. The number of para-hydroxylation sites is 1. The number of rotatable bonds is 8. The molecule has 8 heteroatoms. The molecule has 1 heterocycles. The number of nitrogens with zero attached hydrogens (tertiary/aromatic N) is 2. The van der Waals surface area contributed by atoms with Crippen LogP contribution >= 0.6 is 24.0 Å². The lowest BCUT2D eigenvalue weighted by molar-refractivity contribution is -0.121. The quantitative estimate of drug-likeness (QED) is 0.287. The number of carbonyl (C=O) groups is 1. The Kier molecular flexibility index (Phi) is 11.4. The second-order valence-corrected chi connectivity index (χ2v) is 8.45. The van der Waals surface area contributed by atoms with Gasteiger partial charge in [0.2, 0.25) is 5.91 Å². The molecule has 2 aliphatic rings. The van der Waals surface area contributed by atoms with Crippen molar-refractivity contribution in [3.05, 3.63) is 23.8 Å². The van der Waals surface area contributed by atoms with Crippen molar-refractivity contribution in [2.24, 2.45) is 10.9 Å². The van der Waals surface area contributed by atoms with Crippen LogP contribution in [0.1, 0.15) is 57.4 Å². The number of carbonyl (C=O) groups excluding carboxylic acids is 1. The second-order valence-electron chi connectivity index (χ2n) is 8.45. The van der Waals surface area contributed by atoms with Crippen LogP contribution in [0, 0.1) is 5.92 Å². The van der Waals surface area contributed by atoms with Crippen molar-refractivity contribution in [3.8, 4) is 11.5 Å². The van der Waals surface area contributed by atoms with Gasteiger partial charge >= 0.3 is 0 Å². The molecule has 1 aromatic carbocycles. The molecule has 3 rings (SSSR count). The highest BCUT2D eigenvalue weighted by molar-refractivity contribution is 14.0. The van der Waals surface area contributed by atoms with Crippen molar-refractivity contribution in [1.82, 2.24) is 15.5 Å². The van der Waals surface area contributed by atoms with E-state index in [1.165, 1.54) is 12.8 Å². The number of nitrogens with one attached hydrogen (secondary N) is 2. The van der Waals surface area contributed by atoms with Gasteiger partial charge in [-0.15, -0.1) is 24.0 Å². The van der Waals surface area contributed by atoms with E-state index in [1.54, 1.807) is 14.2 Å². The minimum atomic E-state index is 0. The molecule has 2 fully saturated rings. The van der Waals surface area contributed by atoms with Crippen LogP contribution in [0.3, 0.4) is 0 Å². The van der Waals surface area contributed by atoms with Crippen LogP contribution in [-0.4, -0.2) is 56.7 Å². The maximum Gasteiger partial charge on any atom is 0.220 e. The number of hydrogen-bond acceptors (Lipinski definition) is 4. The molecule has 1 amide bonds. The molecule has 1 saturated heterocycles. The van der Waals surface area contributed by atoms with E-state index >= 15 is 0 Å². The number of ether oxygens (including phenoxy) is 2. The van der Waals surface area contributed by atoms with Gasteiger partial charge in [0, 0.05) is 38.7 Å². The monoisotopic (exact) mass is 558 g/mol. The molecular formula is C24H39IN4O3. The maximum absolute atomic E-state index is 11.7. The van der Waals surface area contributed by atoms with Crippen molar-refractivity contribution >= 4 is 35.8 Å². The van der Waals surface area contributed by atoms with Crippen molar-refractivity contribution in [1.29, 1.82) is 0 Å². The molecular weight excluding hydrogens is 519 g/mol. The lowest BCUT2D eigenvalue weighted by Gasteiger charge is -2.34. The number of halogens is 1. The molecule has 32 heavy (non-hydrogen) atoms. The molecule has 1 saturated carbocycles. The summed E-state index contributed by atoms with van der Waals surface area (Å²) in [7, 11) is 3.40. The molecule has 0 bridgehead atoms. The predicted molar refractivity (Wildman–Crippen MR) is 139 cm³/mol. The Balaban J connectivity index is 0.00000363. The van der Waals surface area contributed by atoms with E-state index in [9.17, 15) is 4.79 Å². The normalized spacial score (nSPS) is 17.6. The van der Waals surface area contributed by atoms with Gasteiger partial charge in [-0.1, -0.05) is 12.1 Å². The topological polar surface area (TPSA) is 75.2 Å². The summed E-state index contributed by atoms with van der Waals surface area (Å²) < 4.78 is 11.9. The Morgan fingerprint density at radius 2 is 1.91 bits per heavy atom. The molecule has 0 unspecified atom stereocenters. The van der Waals surface area contributed by atoms with Crippen LogP contribution in [0.2, 0.25) is 0 Å². The third-order valence-corrected chi connectivity index (χ3v) is 6.27. The first kappa shape index (κ1) is 26.5. The molecule has 0 radical (unpaired) electrons. The number of guanidine groups is 1. The Bertz CT molecular complexity index is 745. The Morgan fingerprint density at radius 1 is 1.19 bits per heavy atom. The minimum absolute atomic E-state index is 0. The molecule has 1 aromatic rings. The number of amides is 1. The van der Waals surface area contributed by atoms with E-state index in [-0.39, 0.29) is 36.0 Å². The molecule has 180 valence electrons. The number of benzene rings is 1. The summed E-state index contributed by atoms with van der Waals surface area (Å²) in [5.74, 6) is 3.12. The smallest absolute Gasteiger partial charge is 0.220 e. The van der Waals surface area contributed by atoms with Gasteiger partial charge in [-0.25, -0.2) is 4.99 Å². The Hall–Kier alpha value is -1.71. The van der Waals surface area contributed by atoms with Gasteiger partial charge in [0.15, 0.2) is 17.5 Å². The van der Waals surface area contributed by atoms with Gasteiger partial charge in [-0.05, 0) is 57.4 Å². The standard InChI is InChI=1S/C24H38N4O3.HI/c1-4-26-24(28-14-12-18(13-15-28)16-22(29)25-2)27-17-19-8-7-11-21(30-3)23(19)31-20-9-5-6-10-20;/h7-8,11,18,20H,4-6,9-10,12-17H2,1-3H3,(H,25,29)(H,26,27);1H. The van der Waals surface area contributed by atoms with E-state index < -0.39 is 0 Å². The molecule has 0 spiro atoms. The minimum Gasteiger partial charge on any atom is -0.493 e. The molecule has 2 N–H and O–H groups in total. The zero-order valence-corrected chi connectivity index (χ0v) is 22.0. The van der Waals surface area contributed by atoms with E-state index in [0.717, 1.165) is 68.3 Å². The van der Waals surface area contributed by atoms with Crippen LogP contribution in [0.15, 0.2) is 23.2 Å². The maximum atomic E-state index is 11.7. The number of piperidine rings is 1. The second kappa shape index (κ2) is 13.7. The largest absolute Gasteiger partial charge is 0.493 e. The van der Waals surface area contributed by atoms with Crippen LogP contribution in [-0.2, 0) is 11.3 Å². The zero-order chi connectivity index (χ0) is 22.1. The average Bonchev–Trinajstić information content (AvgIpc) is 3.31. The Morgan fingerprint density at radius 3 is 2.53 bits per heavy atom. The number of aliphatic imine (C=N–C) groups is 1. The van der Waals surface area contributed by atoms with Gasteiger partial charge in [0.05, 0.1) is 19.8 Å². The van der Waals surface area contributed by atoms with E-state index in [4.69, 9.17) is 14.5 Å². The highest BCUT2D eigenvalue weighted by Crippen LogP contribution is 2.35. The fraction of sp³-hybridized carbons (Fsp3) is 0.667. The third-order valence-electron chi connectivity index (χ3n) is 6.27. The summed E-state index contributed by atoms with van der Waals surface area (Å²) in [6, 6.07) is 6.04. The van der Waals surface area contributed by atoms with E-state index in [2.05, 4.69) is 28.5 Å². The third kappa shape index (κ3) is 7.42. The molecule has 0 aromatic heterocycles. The van der Waals surface area contributed by atoms with Crippen molar-refractivity contribution in [2.75, 3.05) is 33.8 Å². The van der Waals surface area contributed by atoms with Gasteiger partial charge in [-0.2, -0.15) is 0 Å². The highest BCUT2D eigenvalue weighted by atomic mass is 127. The highest BCUT2D eigenvalue weighted by Gasteiger charge is 2.24. The van der Waals surface area contributed by atoms with Crippen molar-refractivity contribution < 1.29 is 14.3 Å². The predicted octanol–water partition coefficient (Wildman–Crippen LogP) is 3.95. The zero-order valence-electron chi connectivity index (χ0n) is 19.7. The molecule has 0 atom stereocenters. The first-order chi connectivity index (χ1) is 15.1. The summed E-state index contributed by atoms with van der Waals surface area (Å²) in [4.78, 5) is 18.9. The van der Waals surface area contributed by atoms with Crippen LogP contribution in [0.5, 0.6) is 11.5 Å². The fourth-order valence-electron chi connectivity index (χ4n) is 4.45. The first-order valence-corrected chi connectivity index (χ1v) is 11.7. The van der Waals surface area contributed by atoms with Crippen LogP contribution < -0.4 is 20.1 Å². The van der Waals surface area contributed by atoms with Gasteiger partial charge in [0.25, 0.3) is 0 Å². The van der Waals surface area contributed by atoms with Gasteiger partial charge in [-0.3, -0.25) is 4.79 Å². The lowest BCUT2D eigenvalue weighted by atomic mass is 9.93. The molecule has 1 aliphatic carbocycles. The number of likely N-dealkylation sites (tertiary alicyclic amines) is 1. The van der Waals surface area contributed by atoms with Crippen LogP contribution in [0.4, 0.5) is 0 Å². The van der Waals surface area contributed by atoms with Gasteiger partial charge in [0.1, 0.15) is 0 Å². The van der Waals surface area contributed by atoms with Crippen molar-refractivity contribution in [3.63, 3.8) is 0 Å². The summed E-state index contributed by atoms with van der Waals surface area (Å²) in [6.45, 7) is 5.28.